The maximum Gasteiger partial charge on any atom is 0.410 e. The SMILES string of the molecule is CSc1nccc(OCC[C@@H]2CCCCN2C(=O)OC(C)(C)C)n1. The molecule has 0 N–H and O–H groups in total. The molecule has 1 amide bonds. The highest BCUT2D eigenvalue weighted by Crippen LogP contribution is 2.23. The van der Waals surface area contributed by atoms with Crippen LogP contribution in [0.2, 0.25) is 0 Å². The molecular weight excluding hydrogens is 326 g/mol. The van der Waals surface area contributed by atoms with E-state index in [0.717, 1.165) is 32.2 Å². The van der Waals surface area contributed by atoms with Crippen molar-refractivity contribution in [3.63, 3.8) is 0 Å². The Bertz CT molecular complexity index is 548. The van der Waals surface area contributed by atoms with E-state index in [2.05, 4.69) is 9.97 Å². The van der Waals surface area contributed by atoms with Crippen molar-refractivity contribution >= 4 is 17.9 Å². The third-order valence-corrected chi connectivity index (χ3v) is 4.31. The van der Waals surface area contributed by atoms with Crippen molar-refractivity contribution in [2.75, 3.05) is 19.4 Å². The molecule has 1 aliphatic heterocycles. The Balaban J connectivity index is 1.87. The number of thioether (sulfide) groups is 1. The van der Waals surface area contributed by atoms with Crippen LogP contribution in [0.1, 0.15) is 46.5 Å². The summed E-state index contributed by atoms with van der Waals surface area (Å²) in [6, 6.07) is 1.92. The molecule has 0 aromatic carbocycles. The predicted molar refractivity (Wildman–Crippen MR) is 94.5 cm³/mol. The Labute approximate surface area is 148 Å². The molecular formula is C17H27N3O3S. The Morgan fingerprint density at radius 2 is 2.21 bits per heavy atom. The number of nitrogens with zero attached hydrogens (tertiary/aromatic N) is 3. The number of likely N-dealkylation sites (tertiary alicyclic amines) is 1. The first kappa shape index (κ1) is 18.8. The van der Waals surface area contributed by atoms with E-state index < -0.39 is 5.60 Å². The second-order valence-electron chi connectivity index (χ2n) is 6.84. The first-order valence-corrected chi connectivity index (χ1v) is 9.61. The molecule has 0 aliphatic carbocycles. The van der Waals surface area contributed by atoms with Crippen LogP contribution in [0.4, 0.5) is 4.79 Å². The fraction of sp³-hybridized carbons (Fsp3) is 0.706. The largest absolute Gasteiger partial charge is 0.477 e. The lowest BCUT2D eigenvalue weighted by atomic mass is 10.0. The quantitative estimate of drug-likeness (QED) is 0.593. The van der Waals surface area contributed by atoms with Gasteiger partial charge in [0.2, 0.25) is 5.88 Å². The topological polar surface area (TPSA) is 64.5 Å². The number of carbonyl (C=O) groups is 1. The maximum absolute atomic E-state index is 12.4. The summed E-state index contributed by atoms with van der Waals surface area (Å²) >= 11 is 1.48. The second kappa shape index (κ2) is 8.55. The van der Waals surface area contributed by atoms with Crippen molar-refractivity contribution in [2.45, 2.75) is 63.3 Å². The van der Waals surface area contributed by atoms with Gasteiger partial charge in [-0.15, -0.1) is 0 Å². The van der Waals surface area contributed by atoms with Crippen LogP contribution >= 0.6 is 11.8 Å². The van der Waals surface area contributed by atoms with Crippen LogP contribution in [0.5, 0.6) is 5.88 Å². The summed E-state index contributed by atoms with van der Waals surface area (Å²) < 4.78 is 11.3. The van der Waals surface area contributed by atoms with E-state index in [0.29, 0.717) is 17.6 Å². The van der Waals surface area contributed by atoms with Gasteiger partial charge in [0.05, 0.1) is 6.61 Å². The van der Waals surface area contributed by atoms with Crippen LogP contribution in [0, 0.1) is 0 Å². The average Bonchev–Trinajstić information content (AvgIpc) is 2.54. The van der Waals surface area contributed by atoms with Gasteiger partial charge in [0.25, 0.3) is 0 Å². The number of rotatable bonds is 5. The Morgan fingerprint density at radius 3 is 2.92 bits per heavy atom. The Kier molecular flexibility index (Phi) is 6.71. The number of amides is 1. The monoisotopic (exact) mass is 353 g/mol. The Morgan fingerprint density at radius 1 is 1.42 bits per heavy atom. The number of hydrogen-bond acceptors (Lipinski definition) is 6. The number of ether oxygens (including phenoxy) is 2. The highest BCUT2D eigenvalue weighted by molar-refractivity contribution is 7.98. The van der Waals surface area contributed by atoms with E-state index in [1.807, 2.05) is 31.9 Å². The molecule has 0 bridgehead atoms. The molecule has 0 unspecified atom stereocenters. The fourth-order valence-electron chi connectivity index (χ4n) is 2.67. The zero-order chi connectivity index (χ0) is 17.6. The normalized spacial score (nSPS) is 18.3. The van der Waals surface area contributed by atoms with Crippen molar-refractivity contribution < 1.29 is 14.3 Å². The van der Waals surface area contributed by atoms with Gasteiger partial charge < -0.3 is 14.4 Å². The zero-order valence-electron chi connectivity index (χ0n) is 14.9. The molecule has 0 saturated carbocycles. The van der Waals surface area contributed by atoms with Crippen LogP contribution in [-0.4, -0.2) is 52.0 Å². The number of carbonyl (C=O) groups excluding carboxylic acids is 1. The van der Waals surface area contributed by atoms with Gasteiger partial charge in [0.15, 0.2) is 5.16 Å². The van der Waals surface area contributed by atoms with Crippen molar-refractivity contribution in [3.05, 3.63) is 12.3 Å². The third-order valence-electron chi connectivity index (χ3n) is 3.75. The minimum Gasteiger partial charge on any atom is -0.477 e. The van der Waals surface area contributed by atoms with E-state index in [4.69, 9.17) is 9.47 Å². The van der Waals surface area contributed by atoms with Gasteiger partial charge in [-0.2, -0.15) is 4.98 Å². The first-order chi connectivity index (χ1) is 11.4. The molecule has 24 heavy (non-hydrogen) atoms. The lowest BCUT2D eigenvalue weighted by Gasteiger charge is -2.36. The van der Waals surface area contributed by atoms with Crippen LogP contribution < -0.4 is 4.74 Å². The van der Waals surface area contributed by atoms with Gasteiger partial charge in [0, 0.05) is 31.3 Å². The molecule has 134 valence electrons. The highest BCUT2D eigenvalue weighted by atomic mass is 32.2. The summed E-state index contributed by atoms with van der Waals surface area (Å²) in [5, 5.41) is 0.695. The Hall–Kier alpha value is -1.50. The number of piperidine rings is 1. The minimum absolute atomic E-state index is 0.162. The molecule has 0 spiro atoms. The van der Waals surface area contributed by atoms with Crippen LogP contribution in [0.3, 0.4) is 0 Å². The molecule has 1 aromatic rings. The first-order valence-electron chi connectivity index (χ1n) is 8.38. The van der Waals surface area contributed by atoms with Gasteiger partial charge in [0.1, 0.15) is 5.60 Å². The van der Waals surface area contributed by atoms with Crippen LogP contribution in [0.25, 0.3) is 0 Å². The lowest BCUT2D eigenvalue weighted by molar-refractivity contribution is 0.00737. The van der Waals surface area contributed by atoms with Crippen LogP contribution in [0.15, 0.2) is 17.4 Å². The number of aromatic nitrogens is 2. The molecule has 1 fully saturated rings. The van der Waals surface area contributed by atoms with Crippen molar-refractivity contribution in [2.24, 2.45) is 0 Å². The molecule has 1 aliphatic rings. The number of hydrogen-bond donors (Lipinski definition) is 0. The third kappa shape index (κ3) is 5.85. The molecule has 1 aromatic heterocycles. The van der Waals surface area contributed by atoms with Gasteiger partial charge in [-0.3, -0.25) is 0 Å². The van der Waals surface area contributed by atoms with E-state index in [1.165, 1.54) is 11.8 Å². The molecule has 6 nitrogen and oxygen atoms in total. The van der Waals surface area contributed by atoms with Gasteiger partial charge in [-0.1, -0.05) is 11.8 Å². The summed E-state index contributed by atoms with van der Waals surface area (Å²) in [5.41, 5.74) is -0.468. The maximum atomic E-state index is 12.4. The van der Waals surface area contributed by atoms with Gasteiger partial charge in [-0.05, 0) is 46.3 Å². The van der Waals surface area contributed by atoms with Gasteiger partial charge in [-0.25, -0.2) is 9.78 Å². The standard InChI is InChI=1S/C17H27N3O3S/c1-17(2,3)23-16(21)20-11-6-5-7-13(20)9-12-22-14-8-10-18-15(19-14)24-4/h8,10,13H,5-7,9,11-12H2,1-4H3/t13-/m0/s1. The molecule has 7 heteroatoms. The molecule has 1 atom stereocenters. The smallest absolute Gasteiger partial charge is 0.410 e. The van der Waals surface area contributed by atoms with E-state index >= 15 is 0 Å². The summed E-state index contributed by atoms with van der Waals surface area (Å²) in [5.74, 6) is 0.578. The fourth-order valence-corrected chi connectivity index (χ4v) is 3.01. The lowest BCUT2D eigenvalue weighted by Crippen LogP contribution is -2.46. The summed E-state index contributed by atoms with van der Waals surface area (Å²) in [6.07, 6.45) is 7.33. The zero-order valence-corrected chi connectivity index (χ0v) is 15.8. The van der Waals surface area contributed by atoms with E-state index in [1.54, 1.807) is 12.3 Å². The second-order valence-corrected chi connectivity index (χ2v) is 7.62. The summed E-state index contributed by atoms with van der Waals surface area (Å²) in [4.78, 5) is 22.7. The molecule has 2 heterocycles. The average molecular weight is 353 g/mol. The van der Waals surface area contributed by atoms with Crippen molar-refractivity contribution in [3.8, 4) is 5.88 Å². The summed E-state index contributed by atoms with van der Waals surface area (Å²) in [7, 11) is 0. The molecule has 0 radical (unpaired) electrons. The van der Waals surface area contributed by atoms with Gasteiger partial charge >= 0.3 is 6.09 Å². The summed E-state index contributed by atoms with van der Waals surface area (Å²) in [6.45, 7) is 6.96. The molecule has 2 rings (SSSR count). The van der Waals surface area contributed by atoms with Crippen molar-refractivity contribution in [1.82, 2.24) is 14.9 Å². The highest BCUT2D eigenvalue weighted by Gasteiger charge is 2.30. The van der Waals surface area contributed by atoms with E-state index in [-0.39, 0.29) is 12.1 Å². The predicted octanol–water partition coefficient (Wildman–Crippen LogP) is 3.76. The minimum atomic E-state index is -0.468. The van der Waals surface area contributed by atoms with Crippen molar-refractivity contribution in [1.29, 1.82) is 0 Å². The van der Waals surface area contributed by atoms with Crippen LogP contribution in [-0.2, 0) is 4.74 Å². The van der Waals surface area contributed by atoms with E-state index in [9.17, 15) is 4.79 Å². The molecule has 1 saturated heterocycles.